The lowest BCUT2D eigenvalue weighted by atomic mass is 10.1. The molecule has 0 saturated heterocycles. The first kappa shape index (κ1) is 11.9. The van der Waals surface area contributed by atoms with Gasteiger partial charge in [0.2, 0.25) is 5.95 Å². The van der Waals surface area contributed by atoms with E-state index in [4.69, 9.17) is 4.74 Å². The molecule has 0 atom stereocenters. The van der Waals surface area contributed by atoms with Gasteiger partial charge in [-0.3, -0.25) is 0 Å². The third-order valence-corrected chi connectivity index (χ3v) is 3.17. The number of nitrogens with zero attached hydrogens (tertiary/aromatic N) is 2. The van der Waals surface area contributed by atoms with Gasteiger partial charge >= 0.3 is 0 Å². The fourth-order valence-electron chi connectivity index (χ4n) is 2.16. The molecule has 5 nitrogen and oxygen atoms in total. The molecular formula is C14H16N4O. The van der Waals surface area contributed by atoms with Crippen LogP contribution >= 0.6 is 0 Å². The average molecular weight is 256 g/mol. The highest BCUT2D eigenvalue weighted by Gasteiger charge is 2.12. The molecule has 19 heavy (non-hydrogen) atoms. The van der Waals surface area contributed by atoms with E-state index in [1.807, 2.05) is 30.5 Å². The lowest BCUT2D eigenvalue weighted by Crippen LogP contribution is -2.25. The fourth-order valence-corrected chi connectivity index (χ4v) is 2.16. The van der Waals surface area contributed by atoms with E-state index in [0.717, 1.165) is 36.6 Å². The van der Waals surface area contributed by atoms with Crippen LogP contribution in [0, 0.1) is 0 Å². The number of anilines is 2. The molecule has 0 radical (unpaired) electrons. The first-order valence-corrected chi connectivity index (χ1v) is 6.32. The Kier molecular flexibility index (Phi) is 3.29. The number of aromatic nitrogens is 2. The quantitative estimate of drug-likeness (QED) is 0.878. The molecule has 2 aromatic rings. The Balaban J connectivity index is 1.87. The van der Waals surface area contributed by atoms with Crippen LogP contribution in [-0.4, -0.2) is 23.6 Å². The Bertz CT molecular complexity index is 585. The molecule has 0 amide bonds. The summed E-state index contributed by atoms with van der Waals surface area (Å²) in [5, 5.41) is 6.51. The molecule has 5 heteroatoms. The van der Waals surface area contributed by atoms with E-state index >= 15 is 0 Å². The third kappa shape index (κ3) is 2.51. The number of methoxy groups -OCH3 is 1. The largest absolute Gasteiger partial charge is 0.495 e. The molecule has 98 valence electrons. The van der Waals surface area contributed by atoms with Gasteiger partial charge in [-0.15, -0.1) is 0 Å². The predicted molar refractivity (Wildman–Crippen MR) is 73.7 cm³/mol. The monoisotopic (exact) mass is 256 g/mol. The van der Waals surface area contributed by atoms with Gasteiger partial charge in [0.15, 0.2) is 0 Å². The van der Waals surface area contributed by atoms with Crippen LogP contribution in [0.5, 0.6) is 5.75 Å². The molecule has 2 heterocycles. The van der Waals surface area contributed by atoms with E-state index in [1.165, 1.54) is 5.56 Å². The zero-order chi connectivity index (χ0) is 13.1. The van der Waals surface area contributed by atoms with Crippen molar-refractivity contribution in [2.45, 2.75) is 13.0 Å². The van der Waals surface area contributed by atoms with Gasteiger partial charge in [0.1, 0.15) is 5.75 Å². The van der Waals surface area contributed by atoms with Gasteiger partial charge in [0.05, 0.1) is 18.5 Å². The van der Waals surface area contributed by atoms with Crippen molar-refractivity contribution in [3.05, 3.63) is 41.7 Å². The van der Waals surface area contributed by atoms with Gasteiger partial charge in [-0.05, 0) is 30.7 Å². The molecule has 0 aliphatic carbocycles. The van der Waals surface area contributed by atoms with Gasteiger partial charge in [-0.1, -0.05) is 12.1 Å². The number of rotatable bonds is 3. The summed E-state index contributed by atoms with van der Waals surface area (Å²) in [6, 6.07) is 7.73. The van der Waals surface area contributed by atoms with Crippen LogP contribution in [0.1, 0.15) is 11.3 Å². The third-order valence-electron chi connectivity index (χ3n) is 3.17. The molecule has 0 saturated carbocycles. The fraction of sp³-hybridized carbons (Fsp3) is 0.286. The Morgan fingerprint density at radius 2 is 2.21 bits per heavy atom. The summed E-state index contributed by atoms with van der Waals surface area (Å²) < 4.78 is 5.30. The molecule has 3 rings (SSSR count). The number of nitrogens with one attached hydrogen (secondary N) is 2. The van der Waals surface area contributed by atoms with E-state index in [2.05, 4.69) is 20.6 Å². The van der Waals surface area contributed by atoms with E-state index in [9.17, 15) is 0 Å². The molecular weight excluding hydrogens is 240 g/mol. The van der Waals surface area contributed by atoms with Crippen LogP contribution in [-0.2, 0) is 13.0 Å². The smallest absolute Gasteiger partial charge is 0.227 e. The summed E-state index contributed by atoms with van der Waals surface area (Å²) in [7, 11) is 1.65. The Morgan fingerprint density at radius 3 is 3.11 bits per heavy atom. The molecule has 0 fully saturated rings. The van der Waals surface area contributed by atoms with Crippen molar-refractivity contribution in [2.75, 3.05) is 19.0 Å². The summed E-state index contributed by atoms with van der Waals surface area (Å²) in [6.45, 7) is 1.80. The first-order valence-electron chi connectivity index (χ1n) is 6.32. The second-order valence-electron chi connectivity index (χ2n) is 4.42. The topological polar surface area (TPSA) is 59.1 Å². The summed E-state index contributed by atoms with van der Waals surface area (Å²) in [5.74, 6) is 1.38. The van der Waals surface area contributed by atoms with E-state index < -0.39 is 0 Å². The van der Waals surface area contributed by atoms with Crippen LogP contribution in [0.3, 0.4) is 0 Å². The zero-order valence-electron chi connectivity index (χ0n) is 10.8. The maximum atomic E-state index is 5.30. The SMILES string of the molecule is COc1ccccc1Nc1ncc2c(n1)CNCC2. The number of ether oxygens (including phenoxy) is 1. The summed E-state index contributed by atoms with van der Waals surface area (Å²) in [4.78, 5) is 8.90. The van der Waals surface area contributed by atoms with Crippen molar-refractivity contribution >= 4 is 11.6 Å². The number of benzene rings is 1. The minimum atomic E-state index is 0.604. The summed E-state index contributed by atoms with van der Waals surface area (Å²) in [5.41, 5.74) is 3.16. The number of hydrogen-bond donors (Lipinski definition) is 2. The van der Waals surface area contributed by atoms with E-state index in [-0.39, 0.29) is 0 Å². The normalized spacial score (nSPS) is 13.7. The van der Waals surface area contributed by atoms with Gasteiger partial charge in [0, 0.05) is 12.7 Å². The van der Waals surface area contributed by atoms with Crippen molar-refractivity contribution < 1.29 is 4.74 Å². The lowest BCUT2D eigenvalue weighted by molar-refractivity contribution is 0.417. The molecule has 1 aliphatic rings. The van der Waals surface area contributed by atoms with Crippen LogP contribution < -0.4 is 15.4 Å². The van der Waals surface area contributed by atoms with Crippen molar-refractivity contribution in [1.82, 2.24) is 15.3 Å². The highest BCUT2D eigenvalue weighted by atomic mass is 16.5. The standard InChI is InChI=1S/C14H16N4O/c1-19-13-5-3-2-4-11(13)17-14-16-8-10-6-7-15-9-12(10)18-14/h2-5,8,15H,6-7,9H2,1H3,(H,16,17,18). The van der Waals surface area contributed by atoms with Crippen molar-refractivity contribution in [2.24, 2.45) is 0 Å². The minimum Gasteiger partial charge on any atom is -0.495 e. The highest BCUT2D eigenvalue weighted by Crippen LogP contribution is 2.25. The zero-order valence-corrected chi connectivity index (χ0v) is 10.8. The van der Waals surface area contributed by atoms with Crippen molar-refractivity contribution in [3.63, 3.8) is 0 Å². The Hall–Kier alpha value is -2.14. The second kappa shape index (κ2) is 5.24. The number of hydrogen-bond acceptors (Lipinski definition) is 5. The van der Waals surface area contributed by atoms with Gasteiger partial charge in [0.25, 0.3) is 0 Å². The molecule has 1 aromatic carbocycles. The van der Waals surface area contributed by atoms with Gasteiger partial charge in [-0.2, -0.15) is 0 Å². The molecule has 2 N–H and O–H groups in total. The van der Waals surface area contributed by atoms with Crippen LogP contribution in [0.4, 0.5) is 11.6 Å². The summed E-state index contributed by atoms with van der Waals surface area (Å²) >= 11 is 0. The maximum absolute atomic E-state index is 5.30. The molecule has 0 bridgehead atoms. The highest BCUT2D eigenvalue weighted by molar-refractivity contribution is 5.62. The predicted octanol–water partition coefficient (Wildman–Crippen LogP) is 1.87. The van der Waals surface area contributed by atoms with Crippen LogP contribution in [0.15, 0.2) is 30.5 Å². The number of fused-ring (bicyclic) bond motifs is 1. The maximum Gasteiger partial charge on any atom is 0.227 e. The van der Waals surface area contributed by atoms with E-state index in [1.54, 1.807) is 7.11 Å². The minimum absolute atomic E-state index is 0.604. The lowest BCUT2D eigenvalue weighted by Gasteiger charge is -2.16. The van der Waals surface area contributed by atoms with Crippen molar-refractivity contribution in [1.29, 1.82) is 0 Å². The Labute approximate surface area is 112 Å². The summed E-state index contributed by atoms with van der Waals surface area (Å²) in [6.07, 6.45) is 2.89. The first-order chi connectivity index (χ1) is 9.36. The average Bonchev–Trinajstić information content (AvgIpc) is 2.48. The van der Waals surface area contributed by atoms with E-state index in [0.29, 0.717) is 5.95 Å². The molecule has 1 aliphatic heterocycles. The van der Waals surface area contributed by atoms with Gasteiger partial charge < -0.3 is 15.4 Å². The van der Waals surface area contributed by atoms with Crippen molar-refractivity contribution in [3.8, 4) is 5.75 Å². The molecule has 0 spiro atoms. The molecule has 1 aromatic heterocycles. The van der Waals surface area contributed by atoms with Gasteiger partial charge in [-0.25, -0.2) is 9.97 Å². The van der Waals surface area contributed by atoms with Crippen LogP contribution in [0.2, 0.25) is 0 Å². The molecule has 0 unspecified atom stereocenters. The van der Waals surface area contributed by atoms with Crippen LogP contribution in [0.25, 0.3) is 0 Å². The number of para-hydroxylation sites is 2. The Morgan fingerprint density at radius 1 is 1.32 bits per heavy atom. The second-order valence-corrected chi connectivity index (χ2v) is 4.42.